The number of ether oxygens (including phenoxy) is 1. The molecule has 1 amide bonds. The third kappa shape index (κ3) is 3.67. The number of carbonyl (C=O) groups is 2. The van der Waals surface area contributed by atoms with Crippen LogP contribution in [0.25, 0.3) is 0 Å². The molecule has 1 saturated carbocycles. The molecule has 108 valence electrons. The van der Waals surface area contributed by atoms with Gasteiger partial charge in [0, 0.05) is 0 Å². The van der Waals surface area contributed by atoms with Crippen LogP contribution < -0.4 is 5.32 Å². The first-order chi connectivity index (χ1) is 9.08. The van der Waals surface area contributed by atoms with Gasteiger partial charge in [0.25, 0.3) is 0 Å². The first kappa shape index (κ1) is 14.3. The molecule has 0 aromatic carbocycles. The van der Waals surface area contributed by atoms with Gasteiger partial charge in [-0.15, -0.1) is 0 Å². The van der Waals surface area contributed by atoms with E-state index in [4.69, 9.17) is 9.84 Å². The minimum absolute atomic E-state index is 0.234. The highest BCUT2D eigenvalue weighted by Crippen LogP contribution is 2.22. The summed E-state index contributed by atoms with van der Waals surface area (Å²) in [4.78, 5) is 22.8. The fraction of sp³-hybridized carbons (Fsp3) is 0.846. The Morgan fingerprint density at radius 3 is 2.37 bits per heavy atom. The van der Waals surface area contributed by atoms with Crippen LogP contribution in [0.4, 0.5) is 0 Å². The number of carbonyl (C=O) groups excluding carboxylic acids is 1. The number of amides is 1. The fourth-order valence-corrected chi connectivity index (χ4v) is 2.74. The van der Waals surface area contributed by atoms with E-state index in [1.807, 2.05) is 0 Å². The molecular weight excluding hydrogens is 250 g/mol. The summed E-state index contributed by atoms with van der Waals surface area (Å²) in [5, 5.41) is 21.6. The number of rotatable bonds is 3. The molecule has 2 fully saturated rings. The van der Waals surface area contributed by atoms with Crippen LogP contribution >= 0.6 is 0 Å². The summed E-state index contributed by atoms with van der Waals surface area (Å²) in [6.07, 6.45) is 3.21. The van der Waals surface area contributed by atoms with E-state index >= 15 is 0 Å². The zero-order valence-corrected chi connectivity index (χ0v) is 10.9. The molecule has 1 heterocycles. The van der Waals surface area contributed by atoms with E-state index in [0.717, 1.165) is 25.7 Å². The van der Waals surface area contributed by atoms with Crippen molar-refractivity contribution in [1.29, 1.82) is 0 Å². The predicted molar refractivity (Wildman–Crippen MR) is 66.6 cm³/mol. The molecule has 0 spiro atoms. The van der Waals surface area contributed by atoms with E-state index in [9.17, 15) is 14.7 Å². The molecule has 0 bridgehead atoms. The first-order valence-electron chi connectivity index (χ1n) is 6.94. The van der Waals surface area contributed by atoms with E-state index in [-0.39, 0.29) is 11.9 Å². The summed E-state index contributed by atoms with van der Waals surface area (Å²) in [6, 6.07) is -0.234. The minimum Gasteiger partial charge on any atom is -0.479 e. The van der Waals surface area contributed by atoms with Gasteiger partial charge in [-0.05, 0) is 25.7 Å². The highest BCUT2D eigenvalue weighted by Gasteiger charge is 2.36. The van der Waals surface area contributed by atoms with Crippen molar-refractivity contribution in [2.75, 3.05) is 0 Å². The van der Waals surface area contributed by atoms with Crippen LogP contribution in [0.5, 0.6) is 0 Å². The largest absolute Gasteiger partial charge is 0.479 e. The van der Waals surface area contributed by atoms with Gasteiger partial charge in [-0.2, -0.15) is 0 Å². The number of aliphatic hydroxyl groups is 1. The maximum Gasteiger partial charge on any atom is 0.332 e. The van der Waals surface area contributed by atoms with Gasteiger partial charge in [0.2, 0.25) is 5.91 Å². The van der Waals surface area contributed by atoms with E-state index in [1.165, 1.54) is 0 Å². The summed E-state index contributed by atoms with van der Waals surface area (Å²) in [7, 11) is 0. The van der Waals surface area contributed by atoms with Crippen molar-refractivity contribution in [2.45, 2.75) is 69.3 Å². The Morgan fingerprint density at radius 1 is 1.00 bits per heavy atom. The van der Waals surface area contributed by atoms with Crippen LogP contribution in [0.2, 0.25) is 0 Å². The van der Waals surface area contributed by atoms with Gasteiger partial charge >= 0.3 is 5.97 Å². The highest BCUT2D eigenvalue weighted by molar-refractivity contribution is 5.82. The van der Waals surface area contributed by atoms with Crippen LogP contribution in [0.1, 0.15) is 44.9 Å². The lowest BCUT2D eigenvalue weighted by Crippen LogP contribution is -2.47. The maximum atomic E-state index is 12.0. The summed E-state index contributed by atoms with van der Waals surface area (Å²) in [6.45, 7) is 0. The molecule has 0 aromatic rings. The third-order valence-corrected chi connectivity index (χ3v) is 3.89. The molecule has 6 heteroatoms. The van der Waals surface area contributed by atoms with Crippen LogP contribution in [-0.2, 0) is 14.3 Å². The summed E-state index contributed by atoms with van der Waals surface area (Å²) < 4.78 is 5.20. The van der Waals surface area contributed by atoms with Crippen LogP contribution in [0, 0.1) is 0 Å². The Morgan fingerprint density at radius 2 is 1.68 bits per heavy atom. The van der Waals surface area contributed by atoms with Gasteiger partial charge in [0.1, 0.15) is 6.10 Å². The van der Waals surface area contributed by atoms with Gasteiger partial charge in [0.05, 0.1) is 12.1 Å². The minimum atomic E-state index is -1.02. The van der Waals surface area contributed by atoms with Crippen LogP contribution in [0.3, 0.4) is 0 Å². The van der Waals surface area contributed by atoms with Gasteiger partial charge in [-0.1, -0.05) is 19.3 Å². The molecule has 2 aliphatic rings. The molecule has 3 N–H and O–H groups in total. The lowest BCUT2D eigenvalue weighted by molar-refractivity contribution is -0.152. The fourth-order valence-electron chi connectivity index (χ4n) is 2.74. The number of carboxylic acids is 1. The van der Waals surface area contributed by atoms with Crippen molar-refractivity contribution in [3.8, 4) is 0 Å². The summed E-state index contributed by atoms with van der Waals surface area (Å²) in [5.41, 5.74) is 0. The zero-order valence-electron chi connectivity index (χ0n) is 10.9. The predicted octanol–water partition coefficient (Wildman–Crippen LogP) is 0.428. The van der Waals surface area contributed by atoms with Gasteiger partial charge in [0.15, 0.2) is 6.10 Å². The standard InChI is InChI=1S/C13H21NO5/c15-9-5-3-1-2-4-8(9)14-12(16)10-6-7-11(19-10)13(17)18/h8-11,15H,1-7H2,(H,14,16)(H,17,18). The number of nitrogens with one attached hydrogen (secondary N) is 1. The second-order valence-electron chi connectivity index (χ2n) is 5.35. The molecule has 6 nitrogen and oxygen atoms in total. The molecule has 1 saturated heterocycles. The van der Waals surface area contributed by atoms with Gasteiger partial charge in [-0.3, -0.25) is 4.79 Å². The highest BCUT2D eigenvalue weighted by atomic mass is 16.5. The van der Waals surface area contributed by atoms with Crippen molar-refractivity contribution < 1.29 is 24.5 Å². The number of carboxylic acid groups (broad SMARTS) is 1. The molecule has 1 aliphatic heterocycles. The molecule has 19 heavy (non-hydrogen) atoms. The Kier molecular flexibility index (Phi) is 4.76. The van der Waals surface area contributed by atoms with Gasteiger partial charge < -0.3 is 20.3 Å². The zero-order chi connectivity index (χ0) is 13.8. The van der Waals surface area contributed by atoms with E-state index in [1.54, 1.807) is 0 Å². The van der Waals surface area contributed by atoms with Gasteiger partial charge in [-0.25, -0.2) is 4.79 Å². The van der Waals surface area contributed by atoms with Crippen LogP contribution in [-0.4, -0.2) is 46.4 Å². The van der Waals surface area contributed by atoms with Crippen molar-refractivity contribution in [1.82, 2.24) is 5.32 Å². The SMILES string of the molecule is O=C(O)C1CCC(C(=O)NC2CCCCCC2O)O1. The third-order valence-electron chi connectivity index (χ3n) is 3.89. The quantitative estimate of drug-likeness (QED) is 0.647. The van der Waals surface area contributed by atoms with Crippen molar-refractivity contribution in [2.24, 2.45) is 0 Å². The average molecular weight is 271 g/mol. The normalized spacial score (nSPS) is 35.6. The molecule has 1 aliphatic carbocycles. The smallest absolute Gasteiger partial charge is 0.332 e. The maximum absolute atomic E-state index is 12.0. The number of aliphatic hydroxyl groups excluding tert-OH is 1. The van der Waals surface area contributed by atoms with Crippen molar-refractivity contribution in [3.63, 3.8) is 0 Å². The van der Waals surface area contributed by atoms with Crippen molar-refractivity contribution >= 4 is 11.9 Å². The molecule has 0 aromatic heterocycles. The summed E-state index contributed by atoms with van der Waals surface area (Å²) >= 11 is 0. The summed E-state index contributed by atoms with van der Waals surface area (Å²) in [5.74, 6) is -1.32. The molecule has 4 atom stereocenters. The molecule has 2 rings (SSSR count). The Balaban J connectivity index is 1.85. The average Bonchev–Trinajstić information content (AvgIpc) is 2.78. The lowest BCUT2D eigenvalue weighted by Gasteiger charge is -2.23. The van der Waals surface area contributed by atoms with E-state index < -0.39 is 24.3 Å². The Hall–Kier alpha value is -1.14. The van der Waals surface area contributed by atoms with E-state index in [0.29, 0.717) is 19.3 Å². The Labute approximate surface area is 112 Å². The van der Waals surface area contributed by atoms with Crippen LogP contribution in [0.15, 0.2) is 0 Å². The topological polar surface area (TPSA) is 95.9 Å². The first-order valence-corrected chi connectivity index (χ1v) is 6.94. The number of hydrogen-bond donors (Lipinski definition) is 3. The number of aliphatic carboxylic acids is 1. The molecule has 0 radical (unpaired) electrons. The number of hydrogen-bond acceptors (Lipinski definition) is 4. The monoisotopic (exact) mass is 271 g/mol. The lowest BCUT2D eigenvalue weighted by atomic mass is 10.1. The second kappa shape index (κ2) is 6.34. The Bertz CT molecular complexity index is 346. The van der Waals surface area contributed by atoms with Crippen molar-refractivity contribution in [3.05, 3.63) is 0 Å². The van der Waals surface area contributed by atoms with E-state index in [2.05, 4.69) is 5.32 Å². The second-order valence-corrected chi connectivity index (χ2v) is 5.35. The molecular formula is C13H21NO5. The molecule has 4 unspecified atom stereocenters.